The van der Waals surface area contributed by atoms with Gasteiger partial charge in [0.05, 0.1) is 12.8 Å². The van der Waals surface area contributed by atoms with Gasteiger partial charge in [0.2, 0.25) is 5.88 Å². The smallest absolute Gasteiger partial charge is 0.269 e. The van der Waals surface area contributed by atoms with Crippen LogP contribution >= 0.6 is 12.2 Å². The predicted octanol–water partition coefficient (Wildman–Crippen LogP) is 3.86. The van der Waals surface area contributed by atoms with Gasteiger partial charge in [-0.2, -0.15) is 0 Å². The molecule has 2 N–H and O–H groups in total. The molecule has 0 amide bonds. The van der Waals surface area contributed by atoms with Gasteiger partial charge in [0.15, 0.2) is 5.76 Å². The molecule has 0 spiro atoms. The molecule has 1 aromatic heterocycles. The van der Waals surface area contributed by atoms with Gasteiger partial charge in [0.1, 0.15) is 5.75 Å². The van der Waals surface area contributed by atoms with Gasteiger partial charge in [-0.05, 0) is 36.5 Å². The van der Waals surface area contributed by atoms with Crippen molar-refractivity contribution in [3.8, 4) is 11.6 Å². The normalized spacial score (nSPS) is 15.0. The molecule has 2 aromatic rings. The summed E-state index contributed by atoms with van der Waals surface area (Å²) in [5, 5.41) is 9.52. The van der Waals surface area contributed by atoms with Gasteiger partial charge in [-0.3, -0.25) is 9.98 Å². The minimum Gasteiger partial charge on any atom is -0.497 e. The molecule has 0 bridgehead atoms. The highest BCUT2D eigenvalue weighted by molar-refractivity contribution is 7.71. The average Bonchev–Trinajstić information content (AvgIpc) is 3.02. The van der Waals surface area contributed by atoms with Crippen LogP contribution in [0.3, 0.4) is 0 Å². The molecule has 0 atom stereocenters. The fraction of sp³-hybridized carbons (Fsp3) is 0.0667. The molecule has 1 aliphatic heterocycles. The third-order valence-electron chi connectivity index (χ3n) is 3.04. The summed E-state index contributed by atoms with van der Waals surface area (Å²) < 4.78 is 10.3. The summed E-state index contributed by atoms with van der Waals surface area (Å²) in [6.07, 6.45) is 7.04. The lowest BCUT2D eigenvalue weighted by Crippen LogP contribution is -1.84. The van der Waals surface area contributed by atoms with Gasteiger partial charge in [-0.15, -0.1) is 0 Å². The third kappa shape index (κ3) is 2.66. The number of hydrogen-bond acceptors (Lipinski definition) is 5. The lowest BCUT2D eigenvalue weighted by molar-refractivity contribution is 0.415. The zero-order chi connectivity index (χ0) is 14.8. The molecule has 3 rings (SSSR count). The molecular weight excluding hydrogens is 288 g/mol. The van der Waals surface area contributed by atoms with E-state index in [0.29, 0.717) is 0 Å². The zero-order valence-electron chi connectivity index (χ0n) is 11.2. The maximum absolute atomic E-state index is 9.52. The van der Waals surface area contributed by atoms with Crippen molar-refractivity contribution in [3.63, 3.8) is 0 Å². The van der Waals surface area contributed by atoms with Gasteiger partial charge in [0.25, 0.3) is 4.84 Å². The fourth-order valence-electron chi connectivity index (χ4n) is 2.01. The minimum absolute atomic E-state index is 0.0863. The Bertz CT molecular complexity index is 828. The number of aliphatic imine (C=N–C) groups is 1. The van der Waals surface area contributed by atoms with Crippen LogP contribution in [0.15, 0.2) is 39.8 Å². The molecule has 21 heavy (non-hydrogen) atoms. The van der Waals surface area contributed by atoms with Crippen LogP contribution in [-0.2, 0) is 0 Å². The second kappa shape index (κ2) is 5.41. The molecule has 1 aromatic carbocycles. The van der Waals surface area contributed by atoms with Crippen molar-refractivity contribution in [2.24, 2.45) is 4.99 Å². The monoisotopic (exact) mass is 300 g/mol. The number of rotatable bonds is 3. The molecular formula is C15H12N2O3S. The van der Waals surface area contributed by atoms with Crippen molar-refractivity contribution < 1.29 is 14.3 Å². The number of methoxy groups -OCH3 is 1. The molecule has 0 radical (unpaired) electrons. The number of nitrogens with zero attached hydrogens (tertiary/aromatic N) is 1. The first-order chi connectivity index (χ1) is 10.2. The van der Waals surface area contributed by atoms with Crippen LogP contribution in [-0.4, -0.2) is 23.4 Å². The molecule has 0 unspecified atom stereocenters. The van der Waals surface area contributed by atoms with Gasteiger partial charge in [-0.1, -0.05) is 12.2 Å². The number of nitrogens with one attached hydrogen (secondary N) is 1. The number of H-pyrrole nitrogens is 1. The van der Waals surface area contributed by atoms with E-state index >= 15 is 0 Å². The van der Waals surface area contributed by atoms with Gasteiger partial charge in [-0.25, -0.2) is 0 Å². The number of fused-ring (bicyclic) bond motifs is 1. The maximum Gasteiger partial charge on any atom is 0.269 e. The van der Waals surface area contributed by atoms with Crippen molar-refractivity contribution in [3.05, 3.63) is 46.5 Å². The van der Waals surface area contributed by atoms with E-state index in [4.69, 9.17) is 21.4 Å². The molecule has 0 saturated heterocycles. The summed E-state index contributed by atoms with van der Waals surface area (Å²) >= 11 is 4.79. The highest BCUT2D eigenvalue weighted by Crippen LogP contribution is 2.34. The molecule has 2 heterocycles. The zero-order valence-corrected chi connectivity index (χ0v) is 12.0. The van der Waals surface area contributed by atoms with Crippen LogP contribution in [0.25, 0.3) is 11.6 Å². The molecule has 0 fully saturated rings. The highest BCUT2D eigenvalue weighted by Gasteiger charge is 2.12. The van der Waals surface area contributed by atoms with Crippen LogP contribution in [0, 0.1) is 4.84 Å². The Balaban J connectivity index is 1.88. The largest absolute Gasteiger partial charge is 0.497 e. The number of hydrogen-bond donors (Lipinski definition) is 2. The summed E-state index contributed by atoms with van der Waals surface area (Å²) in [5.74, 6) is 0.984. The molecule has 6 heteroatoms. The van der Waals surface area contributed by atoms with Crippen LogP contribution in [0.4, 0.5) is 5.69 Å². The Morgan fingerprint density at radius 2 is 2.29 bits per heavy atom. The number of oxazole rings is 1. The van der Waals surface area contributed by atoms with Crippen LogP contribution in [0.2, 0.25) is 0 Å². The number of aromatic hydroxyl groups is 1. The van der Waals surface area contributed by atoms with Crippen LogP contribution in [0.1, 0.15) is 11.3 Å². The summed E-state index contributed by atoms with van der Waals surface area (Å²) in [7, 11) is 1.63. The molecule has 0 aliphatic carbocycles. The first-order valence-electron chi connectivity index (χ1n) is 6.20. The quantitative estimate of drug-likeness (QED) is 0.844. The Hall–Kier alpha value is -2.60. The van der Waals surface area contributed by atoms with E-state index in [9.17, 15) is 5.11 Å². The van der Waals surface area contributed by atoms with Crippen molar-refractivity contribution in [2.45, 2.75) is 0 Å². The van der Waals surface area contributed by atoms with E-state index in [2.05, 4.69) is 9.98 Å². The summed E-state index contributed by atoms with van der Waals surface area (Å²) in [6.45, 7) is 0. The molecule has 5 nitrogen and oxygen atoms in total. The van der Waals surface area contributed by atoms with Crippen LogP contribution < -0.4 is 4.74 Å². The lowest BCUT2D eigenvalue weighted by atomic mass is 10.1. The number of ether oxygens (including phenoxy) is 1. The van der Waals surface area contributed by atoms with E-state index in [-0.39, 0.29) is 16.5 Å². The van der Waals surface area contributed by atoms with Gasteiger partial charge in [0, 0.05) is 17.4 Å². The minimum atomic E-state index is -0.0863. The Labute approximate surface area is 125 Å². The first kappa shape index (κ1) is 13.4. The predicted molar refractivity (Wildman–Crippen MR) is 83.7 cm³/mol. The summed E-state index contributed by atoms with van der Waals surface area (Å²) in [6, 6.07) is 5.71. The van der Waals surface area contributed by atoms with Crippen molar-refractivity contribution in [1.82, 2.24) is 4.98 Å². The summed E-state index contributed by atoms with van der Waals surface area (Å²) in [4.78, 5) is 6.97. The first-order valence-corrected chi connectivity index (χ1v) is 6.61. The number of benzene rings is 1. The number of allylic oxidation sites excluding steroid dienone is 3. The lowest BCUT2D eigenvalue weighted by Gasteiger charge is -2.03. The second-order valence-corrected chi connectivity index (χ2v) is 4.72. The fourth-order valence-corrected chi connectivity index (χ4v) is 2.20. The van der Waals surface area contributed by atoms with E-state index in [1.807, 2.05) is 24.3 Å². The van der Waals surface area contributed by atoms with E-state index in [1.54, 1.807) is 25.5 Å². The molecule has 0 saturated carbocycles. The van der Waals surface area contributed by atoms with E-state index in [1.165, 1.54) is 0 Å². The second-order valence-electron chi connectivity index (χ2n) is 4.35. The average molecular weight is 300 g/mol. The van der Waals surface area contributed by atoms with Gasteiger partial charge < -0.3 is 14.3 Å². The molecule has 106 valence electrons. The molecule has 1 aliphatic rings. The topological polar surface area (TPSA) is 70.8 Å². The highest BCUT2D eigenvalue weighted by atomic mass is 32.1. The summed E-state index contributed by atoms with van der Waals surface area (Å²) in [5.41, 5.74) is 2.85. The Morgan fingerprint density at radius 3 is 3.00 bits per heavy atom. The number of aromatic nitrogens is 1. The van der Waals surface area contributed by atoms with Gasteiger partial charge >= 0.3 is 0 Å². The Morgan fingerprint density at radius 1 is 1.43 bits per heavy atom. The van der Waals surface area contributed by atoms with E-state index in [0.717, 1.165) is 22.6 Å². The third-order valence-corrected chi connectivity index (χ3v) is 3.22. The van der Waals surface area contributed by atoms with E-state index < -0.39 is 0 Å². The van der Waals surface area contributed by atoms with Crippen molar-refractivity contribution in [1.29, 1.82) is 0 Å². The standard InChI is InChI=1S/C15H12N2O3S/c1-19-10-5-6-12-11(7-10)9(8-16-12)3-2-4-13-14(18)17-15(21)20-13/h2-8,18H,1H3,(H,17,21). The van der Waals surface area contributed by atoms with Crippen LogP contribution in [0.5, 0.6) is 11.6 Å². The number of aromatic amines is 1. The Kier molecular flexibility index (Phi) is 3.45. The van der Waals surface area contributed by atoms with Crippen molar-refractivity contribution >= 4 is 35.8 Å². The maximum atomic E-state index is 9.52. The van der Waals surface area contributed by atoms with Crippen molar-refractivity contribution in [2.75, 3.05) is 7.11 Å². The SMILES string of the molecule is COc1ccc2c(c1)C(=CC=Cc1oc(=S)[nH]c1O)C=N2.